The van der Waals surface area contributed by atoms with Crippen molar-refractivity contribution in [2.45, 2.75) is 33.1 Å². The van der Waals surface area contributed by atoms with Crippen molar-refractivity contribution in [3.8, 4) is 11.6 Å². The van der Waals surface area contributed by atoms with Crippen LogP contribution in [0.3, 0.4) is 0 Å². The molecule has 2 N–H and O–H groups in total. The second-order valence-electron chi connectivity index (χ2n) is 5.76. The largest absolute Gasteiger partial charge is 0.439 e. The first-order valence-corrected chi connectivity index (χ1v) is 6.37. The molecule has 0 aliphatic heterocycles. The van der Waals surface area contributed by atoms with Crippen LogP contribution in [0.5, 0.6) is 11.6 Å². The number of nitrogens with zero attached hydrogens (tertiary/aromatic N) is 1. The van der Waals surface area contributed by atoms with Gasteiger partial charge in [0.05, 0.1) is 0 Å². The third-order valence-electron chi connectivity index (χ3n) is 3.07. The van der Waals surface area contributed by atoms with E-state index in [-0.39, 0.29) is 5.41 Å². The van der Waals surface area contributed by atoms with E-state index in [0.29, 0.717) is 5.88 Å². The summed E-state index contributed by atoms with van der Waals surface area (Å²) in [6.07, 6.45) is 1.86. The van der Waals surface area contributed by atoms with Crippen LogP contribution >= 0.6 is 0 Å². The molecular weight excluding hydrogens is 236 g/mol. The number of ether oxygens (including phenoxy) is 1. The van der Waals surface area contributed by atoms with E-state index in [2.05, 4.69) is 25.8 Å². The Morgan fingerprint density at radius 2 is 1.84 bits per heavy atom. The SMILES string of the molecule is Cc1cc(Oc2ccc(C(C)(C)C)cn2)ccc1N. The molecule has 0 fully saturated rings. The molecule has 0 radical (unpaired) electrons. The smallest absolute Gasteiger partial charge is 0.219 e. The lowest BCUT2D eigenvalue weighted by molar-refractivity contribution is 0.460. The van der Waals surface area contributed by atoms with Gasteiger partial charge in [-0.15, -0.1) is 0 Å². The fourth-order valence-corrected chi connectivity index (χ4v) is 1.72. The molecule has 100 valence electrons. The minimum absolute atomic E-state index is 0.101. The number of rotatable bonds is 2. The molecule has 0 aliphatic carbocycles. The van der Waals surface area contributed by atoms with Crippen molar-refractivity contribution >= 4 is 5.69 Å². The lowest BCUT2D eigenvalue weighted by atomic mass is 9.88. The second-order valence-corrected chi connectivity index (χ2v) is 5.76. The summed E-state index contributed by atoms with van der Waals surface area (Å²) in [6.45, 7) is 8.44. The lowest BCUT2D eigenvalue weighted by Crippen LogP contribution is -2.11. The highest BCUT2D eigenvalue weighted by atomic mass is 16.5. The van der Waals surface area contributed by atoms with E-state index < -0.39 is 0 Å². The van der Waals surface area contributed by atoms with Crippen LogP contribution in [0.2, 0.25) is 0 Å². The Morgan fingerprint density at radius 1 is 1.11 bits per heavy atom. The van der Waals surface area contributed by atoms with Crippen molar-refractivity contribution in [1.82, 2.24) is 4.98 Å². The van der Waals surface area contributed by atoms with E-state index in [9.17, 15) is 0 Å². The first kappa shape index (κ1) is 13.4. The number of anilines is 1. The van der Waals surface area contributed by atoms with Crippen molar-refractivity contribution in [1.29, 1.82) is 0 Å². The van der Waals surface area contributed by atoms with Gasteiger partial charge in [0, 0.05) is 18.0 Å². The number of hydrogen-bond acceptors (Lipinski definition) is 3. The number of aromatic nitrogens is 1. The Bertz CT molecular complexity index is 568. The summed E-state index contributed by atoms with van der Waals surface area (Å²) in [5.41, 5.74) is 8.84. The Hall–Kier alpha value is -2.03. The topological polar surface area (TPSA) is 48.1 Å². The zero-order valence-corrected chi connectivity index (χ0v) is 11.9. The maximum atomic E-state index is 5.78. The molecule has 1 heterocycles. The lowest BCUT2D eigenvalue weighted by Gasteiger charge is -2.18. The van der Waals surface area contributed by atoms with Gasteiger partial charge in [0.25, 0.3) is 0 Å². The molecule has 2 rings (SSSR count). The van der Waals surface area contributed by atoms with Crippen LogP contribution in [0.4, 0.5) is 5.69 Å². The Morgan fingerprint density at radius 3 is 2.37 bits per heavy atom. The van der Waals surface area contributed by atoms with E-state index in [0.717, 1.165) is 17.0 Å². The van der Waals surface area contributed by atoms with Gasteiger partial charge in [0.15, 0.2) is 0 Å². The van der Waals surface area contributed by atoms with Gasteiger partial charge in [-0.3, -0.25) is 0 Å². The Balaban J connectivity index is 2.17. The molecule has 0 spiro atoms. The van der Waals surface area contributed by atoms with Crippen LogP contribution in [-0.4, -0.2) is 4.98 Å². The van der Waals surface area contributed by atoms with Gasteiger partial charge in [-0.05, 0) is 41.7 Å². The molecule has 0 aliphatic rings. The summed E-state index contributed by atoms with van der Waals surface area (Å²) in [5, 5.41) is 0. The summed E-state index contributed by atoms with van der Waals surface area (Å²) < 4.78 is 5.72. The molecule has 0 amide bonds. The summed E-state index contributed by atoms with van der Waals surface area (Å²) >= 11 is 0. The van der Waals surface area contributed by atoms with Gasteiger partial charge in [0.2, 0.25) is 5.88 Å². The van der Waals surface area contributed by atoms with Crippen LogP contribution in [0.15, 0.2) is 36.5 Å². The molecule has 0 unspecified atom stereocenters. The highest BCUT2D eigenvalue weighted by molar-refractivity contribution is 5.50. The van der Waals surface area contributed by atoms with Crippen LogP contribution in [0.1, 0.15) is 31.9 Å². The second kappa shape index (κ2) is 4.92. The predicted octanol–water partition coefficient (Wildman–Crippen LogP) is 4.06. The molecule has 1 aromatic carbocycles. The van der Waals surface area contributed by atoms with Crippen LogP contribution in [0, 0.1) is 6.92 Å². The van der Waals surface area contributed by atoms with Gasteiger partial charge >= 0.3 is 0 Å². The van der Waals surface area contributed by atoms with Crippen LogP contribution < -0.4 is 10.5 Å². The Kier molecular flexibility index (Phi) is 3.47. The fraction of sp³-hybridized carbons (Fsp3) is 0.312. The number of benzene rings is 1. The van der Waals surface area contributed by atoms with E-state index in [1.54, 1.807) is 0 Å². The summed E-state index contributed by atoms with van der Waals surface area (Å²) in [6, 6.07) is 9.54. The molecule has 3 nitrogen and oxygen atoms in total. The predicted molar refractivity (Wildman–Crippen MR) is 78.6 cm³/mol. The number of pyridine rings is 1. The first-order valence-electron chi connectivity index (χ1n) is 6.37. The maximum absolute atomic E-state index is 5.78. The average molecular weight is 256 g/mol. The quantitative estimate of drug-likeness (QED) is 0.824. The highest BCUT2D eigenvalue weighted by Crippen LogP contribution is 2.26. The summed E-state index contributed by atoms with van der Waals surface area (Å²) in [4.78, 5) is 4.34. The molecule has 2 aromatic rings. The molecule has 0 saturated carbocycles. The molecular formula is C16H20N2O. The maximum Gasteiger partial charge on any atom is 0.219 e. The third-order valence-corrected chi connectivity index (χ3v) is 3.07. The van der Waals surface area contributed by atoms with Crippen LogP contribution in [-0.2, 0) is 5.41 Å². The van der Waals surface area contributed by atoms with E-state index in [1.165, 1.54) is 5.56 Å². The molecule has 3 heteroatoms. The highest BCUT2D eigenvalue weighted by Gasteiger charge is 2.13. The van der Waals surface area contributed by atoms with Crippen molar-refractivity contribution in [3.05, 3.63) is 47.7 Å². The number of aryl methyl sites for hydroxylation is 1. The average Bonchev–Trinajstić information content (AvgIpc) is 2.33. The van der Waals surface area contributed by atoms with Crippen molar-refractivity contribution in [2.24, 2.45) is 0 Å². The number of hydrogen-bond donors (Lipinski definition) is 1. The first-order chi connectivity index (χ1) is 8.86. The summed E-state index contributed by atoms with van der Waals surface area (Å²) in [7, 11) is 0. The van der Waals surface area contributed by atoms with Gasteiger partial charge in [-0.25, -0.2) is 4.98 Å². The van der Waals surface area contributed by atoms with Crippen molar-refractivity contribution in [3.63, 3.8) is 0 Å². The molecule has 0 bridgehead atoms. The Labute approximate surface area is 114 Å². The van der Waals surface area contributed by atoms with Gasteiger partial charge in [0.1, 0.15) is 5.75 Å². The zero-order chi connectivity index (χ0) is 14.0. The van der Waals surface area contributed by atoms with Gasteiger partial charge in [-0.1, -0.05) is 26.8 Å². The minimum Gasteiger partial charge on any atom is -0.439 e. The van der Waals surface area contributed by atoms with Crippen molar-refractivity contribution < 1.29 is 4.74 Å². The van der Waals surface area contributed by atoms with Crippen LogP contribution in [0.25, 0.3) is 0 Å². The normalized spacial score (nSPS) is 11.4. The van der Waals surface area contributed by atoms with E-state index >= 15 is 0 Å². The molecule has 0 atom stereocenters. The molecule has 1 aromatic heterocycles. The monoisotopic (exact) mass is 256 g/mol. The fourth-order valence-electron chi connectivity index (χ4n) is 1.72. The van der Waals surface area contributed by atoms with Gasteiger partial charge in [-0.2, -0.15) is 0 Å². The zero-order valence-electron chi connectivity index (χ0n) is 11.9. The van der Waals surface area contributed by atoms with Gasteiger partial charge < -0.3 is 10.5 Å². The number of nitrogens with two attached hydrogens (primary N) is 1. The standard InChI is InChI=1S/C16H20N2O/c1-11-9-13(6-7-14(11)17)19-15-8-5-12(10-18-15)16(2,3)4/h5-10H,17H2,1-4H3. The molecule has 0 saturated heterocycles. The van der Waals surface area contributed by atoms with Crippen molar-refractivity contribution in [2.75, 3.05) is 5.73 Å². The van der Waals surface area contributed by atoms with E-state index in [1.807, 2.05) is 43.5 Å². The number of nitrogen functional groups attached to an aromatic ring is 1. The summed E-state index contributed by atoms with van der Waals surface area (Å²) in [5.74, 6) is 1.35. The van der Waals surface area contributed by atoms with E-state index in [4.69, 9.17) is 10.5 Å². The minimum atomic E-state index is 0.101. The molecule has 19 heavy (non-hydrogen) atoms. The third kappa shape index (κ3) is 3.25.